The Balaban J connectivity index is 1.73. The van der Waals surface area contributed by atoms with Gasteiger partial charge >= 0.3 is 11.9 Å². The third-order valence-corrected chi connectivity index (χ3v) is 8.99. The SMILES string of the molecule is CCCCCCCCCCCCCC(=O)OCC(COC(=O)CCCCCCCCCCCCC)OCn1cnc2c(N)nc(NC)nc21. The number of esters is 2. The van der Waals surface area contributed by atoms with E-state index in [-0.39, 0.29) is 37.7 Å². The zero-order chi connectivity index (χ0) is 35.4. The monoisotopic (exact) mass is 689 g/mol. The Hall–Kier alpha value is -2.95. The zero-order valence-corrected chi connectivity index (χ0v) is 31.2. The average Bonchev–Trinajstić information content (AvgIpc) is 3.52. The summed E-state index contributed by atoms with van der Waals surface area (Å²) < 4.78 is 18.9. The van der Waals surface area contributed by atoms with Crippen molar-refractivity contribution < 1.29 is 23.8 Å². The molecule has 280 valence electrons. The van der Waals surface area contributed by atoms with Crippen LogP contribution in [0.3, 0.4) is 0 Å². The number of imidazole rings is 1. The van der Waals surface area contributed by atoms with Crippen LogP contribution in [-0.4, -0.2) is 57.8 Å². The maximum absolute atomic E-state index is 12.6. The Morgan fingerprint density at radius 2 is 1.12 bits per heavy atom. The third-order valence-electron chi connectivity index (χ3n) is 8.99. The molecular formula is C38H68N6O5. The Morgan fingerprint density at radius 3 is 1.55 bits per heavy atom. The summed E-state index contributed by atoms with van der Waals surface area (Å²) in [6, 6.07) is 0. The Bertz CT molecular complexity index is 1100. The van der Waals surface area contributed by atoms with Gasteiger partial charge in [-0.2, -0.15) is 9.97 Å². The fourth-order valence-corrected chi connectivity index (χ4v) is 5.89. The molecule has 2 heterocycles. The molecule has 3 N–H and O–H groups in total. The molecule has 0 saturated heterocycles. The van der Waals surface area contributed by atoms with Crippen molar-refractivity contribution in [3.05, 3.63) is 6.33 Å². The first-order valence-electron chi connectivity index (χ1n) is 19.6. The van der Waals surface area contributed by atoms with E-state index in [1.54, 1.807) is 17.9 Å². The van der Waals surface area contributed by atoms with E-state index in [1.807, 2.05) is 0 Å². The van der Waals surface area contributed by atoms with Gasteiger partial charge in [0.25, 0.3) is 0 Å². The number of aromatic nitrogens is 4. The van der Waals surface area contributed by atoms with Crippen LogP contribution in [0.4, 0.5) is 11.8 Å². The van der Waals surface area contributed by atoms with Gasteiger partial charge in [-0.1, -0.05) is 142 Å². The van der Waals surface area contributed by atoms with E-state index in [4.69, 9.17) is 19.9 Å². The lowest BCUT2D eigenvalue weighted by atomic mass is 10.1. The number of nitrogen functional groups attached to an aromatic ring is 1. The number of nitrogens with two attached hydrogens (primary N) is 1. The Labute approximate surface area is 296 Å². The van der Waals surface area contributed by atoms with E-state index in [0.29, 0.717) is 30.0 Å². The smallest absolute Gasteiger partial charge is 0.305 e. The van der Waals surface area contributed by atoms with Crippen LogP contribution in [0.15, 0.2) is 6.33 Å². The fraction of sp³-hybridized carbons (Fsp3) is 0.816. The second kappa shape index (κ2) is 27.8. The summed E-state index contributed by atoms with van der Waals surface area (Å²) in [7, 11) is 1.71. The summed E-state index contributed by atoms with van der Waals surface area (Å²) in [4.78, 5) is 38.0. The van der Waals surface area contributed by atoms with Crippen LogP contribution in [0.1, 0.15) is 168 Å². The fourth-order valence-electron chi connectivity index (χ4n) is 5.89. The van der Waals surface area contributed by atoms with Gasteiger partial charge in [-0.05, 0) is 12.8 Å². The number of hydrogen-bond donors (Lipinski definition) is 2. The molecule has 0 aliphatic carbocycles. The topological polar surface area (TPSA) is 143 Å². The van der Waals surface area contributed by atoms with Crippen LogP contribution < -0.4 is 11.1 Å². The highest BCUT2D eigenvalue weighted by Crippen LogP contribution is 2.19. The highest BCUT2D eigenvalue weighted by atomic mass is 16.6. The number of unbranched alkanes of at least 4 members (excludes halogenated alkanes) is 20. The summed E-state index contributed by atoms with van der Waals surface area (Å²) >= 11 is 0. The summed E-state index contributed by atoms with van der Waals surface area (Å²) in [5.41, 5.74) is 7.02. The highest BCUT2D eigenvalue weighted by molar-refractivity contribution is 5.82. The van der Waals surface area contributed by atoms with E-state index >= 15 is 0 Å². The zero-order valence-electron chi connectivity index (χ0n) is 31.2. The molecule has 2 rings (SSSR count). The lowest BCUT2D eigenvalue weighted by Crippen LogP contribution is -2.29. The number of anilines is 2. The highest BCUT2D eigenvalue weighted by Gasteiger charge is 2.18. The Kier molecular flexibility index (Phi) is 24.0. The van der Waals surface area contributed by atoms with Crippen LogP contribution in [0, 0.1) is 0 Å². The molecule has 0 aliphatic rings. The standard InChI is InChI=1S/C38H68N6O5/c1-4-6-8-10-12-14-16-18-20-22-24-26-33(45)47-28-32(49-31-44-30-41-35-36(39)42-38(40-3)43-37(35)44)29-48-34(46)27-25-23-21-19-17-15-13-11-9-7-5-2/h30,32H,4-29,31H2,1-3H3,(H3,39,40,42,43). The predicted molar refractivity (Wildman–Crippen MR) is 198 cm³/mol. The van der Waals surface area contributed by atoms with E-state index in [2.05, 4.69) is 34.1 Å². The van der Waals surface area contributed by atoms with Gasteiger partial charge in [-0.25, -0.2) is 4.98 Å². The molecule has 0 unspecified atom stereocenters. The molecule has 49 heavy (non-hydrogen) atoms. The van der Waals surface area contributed by atoms with Crippen molar-refractivity contribution in [2.24, 2.45) is 0 Å². The van der Waals surface area contributed by atoms with Gasteiger partial charge in [0, 0.05) is 19.9 Å². The first kappa shape index (κ1) is 42.2. The summed E-state index contributed by atoms with van der Waals surface area (Å²) in [5, 5.41) is 2.89. The van der Waals surface area contributed by atoms with Crippen molar-refractivity contribution in [1.29, 1.82) is 0 Å². The summed E-state index contributed by atoms with van der Waals surface area (Å²) in [6.45, 7) is 4.55. The van der Waals surface area contributed by atoms with E-state index < -0.39 is 6.10 Å². The predicted octanol–water partition coefficient (Wildman–Crippen LogP) is 9.28. The molecular weight excluding hydrogens is 620 g/mol. The first-order valence-corrected chi connectivity index (χ1v) is 19.6. The lowest BCUT2D eigenvalue weighted by molar-refractivity contribution is -0.157. The quantitative estimate of drug-likeness (QED) is 0.0564. The lowest BCUT2D eigenvalue weighted by Gasteiger charge is -2.18. The number of fused-ring (bicyclic) bond motifs is 1. The van der Waals surface area contributed by atoms with Gasteiger partial charge in [0.2, 0.25) is 5.95 Å². The first-order chi connectivity index (χ1) is 24.0. The normalized spacial score (nSPS) is 11.4. The molecule has 0 fully saturated rings. The van der Waals surface area contributed by atoms with Crippen LogP contribution in [0.2, 0.25) is 0 Å². The minimum atomic E-state index is -0.636. The number of ether oxygens (including phenoxy) is 3. The van der Waals surface area contributed by atoms with Crippen molar-refractivity contribution in [2.45, 2.75) is 181 Å². The second-order valence-electron chi connectivity index (χ2n) is 13.4. The van der Waals surface area contributed by atoms with Crippen molar-refractivity contribution in [1.82, 2.24) is 19.5 Å². The third kappa shape index (κ3) is 19.7. The number of carbonyl (C=O) groups excluding carboxylic acids is 2. The van der Waals surface area contributed by atoms with Gasteiger partial charge in [-0.3, -0.25) is 14.2 Å². The van der Waals surface area contributed by atoms with Gasteiger partial charge in [0.1, 0.15) is 31.6 Å². The molecule has 2 aromatic heterocycles. The van der Waals surface area contributed by atoms with Gasteiger partial charge < -0.3 is 25.3 Å². The summed E-state index contributed by atoms with van der Waals surface area (Å²) in [5.74, 6) is 0.112. The molecule has 0 spiro atoms. The van der Waals surface area contributed by atoms with Crippen molar-refractivity contribution in [3.8, 4) is 0 Å². The Morgan fingerprint density at radius 1 is 0.694 bits per heavy atom. The van der Waals surface area contributed by atoms with E-state index in [9.17, 15) is 9.59 Å². The minimum Gasteiger partial charge on any atom is -0.463 e. The molecule has 11 heteroatoms. The van der Waals surface area contributed by atoms with Gasteiger partial charge in [0.05, 0.1) is 6.33 Å². The second-order valence-corrected chi connectivity index (χ2v) is 13.4. The van der Waals surface area contributed by atoms with Crippen molar-refractivity contribution >= 4 is 34.9 Å². The van der Waals surface area contributed by atoms with Gasteiger partial charge in [-0.15, -0.1) is 0 Å². The number of carbonyl (C=O) groups is 2. The van der Waals surface area contributed by atoms with Crippen LogP contribution in [0.25, 0.3) is 11.2 Å². The molecule has 0 saturated carbocycles. The molecule has 0 amide bonds. The number of nitrogens with one attached hydrogen (secondary N) is 1. The van der Waals surface area contributed by atoms with Gasteiger partial charge in [0.15, 0.2) is 11.5 Å². The van der Waals surface area contributed by atoms with Crippen LogP contribution in [0.5, 0.6) is 0 Å². The number of nitrogens with zero attached hydrogens (tertiary/aromatic N) is 4. The summed E-state index contributed by atoms with van der Waals surface area (Å²) in [6.07, 6.45) is 28.6. The maximum atomic E-state index is 12.6. The molecule has 2 aromatic rings. The van der Waals surface area contributed by atoms with Crippen LogP contribution in [-0.2, 0) is 30.5 Å². The molecule has 0 aromatic carbocycles. The minimum absolute atomic E-state index is 0.00585. The van der Waals surface area contributed by atoms with E-state index in [1.165, 1.54) is 103 Å². The largest absolute Gasteiger partial charge is 0.463 e. The van der Waals surface area contributed by atoms with Crippen molar-refractivity contribution in [2.75, 3.05) is 31.3 Å². The maximum Gasteiger partial charge on any atom is 0.305 e. The van der Waals surface area contributed by atoms with Crippen LogP contribution >= 0.6 is 0 Å². The number of hydrogen-bond acceptors (Lipinski definition) is 10. The van der Waals surface area contributed by atoms with E-state index in [0.717, 1.165) is 38.5 Å². The molecule has 0 radical (unpaired) electrons. The average molecular weight is 689 g/mol. The molecule has 0 bridgehead atoms. The molecule has 11 nitrogen and oxygen atoms in total. The molecule has 0 aliphatic heterocycles. The van der Waals surface area contributed by atoms with Crippen molar-refractivity contribution in [3.63, 3.8) is 0 Å². The molecule has 0 atom stereocenters. The number of rotatable bonds is 32.